The van der Waals surface area contributed by atoms with Gasteiger partial charge in [-0.05, 0) is 50.1 Å². The Hall–Kier alpha value is -3.39. The SMILES string of the molecule is Cc1nc([C@@H]2CCCN2Cc2cccnc2N(C)C)ncc1C(=O)NCc1ccc(F)cc1. The molecule has 0 unspecified atom stereocenters. The molecule has 4 rings (SSSR count). The highest BCUT2D eigenvalue weighted by molar-refractivity contribution is 5.94. The molecule has 0 spiro atoms. The molecule has 1 atom stereocenters. The fraction of sp³-hybridized carbons (Fsp3) is 0.360. The largest absolute Gasteiger partial charge is 0.362 e. The molecule has 1 aromatic carbocycles. The van der Waals surface area contributed by atoms with Gasteiger partial charge in [-0.15, -0.1) is 0 Å². The molecule has 1 fully saturated rings. The van der Waals surface area contributed by atoms with Gasteiger partial charge in [-0.1, -0.05) is 18.2 Å². The highest BCUT2D eigenvalue weighted by Gasteiger charge is 2.29. The van der Waals surface area contributed by atoms with E-state index in [0.717, 1.165) is 43.1 Å². The minimum Gasteiger partial charge on any atom is -0.362 e. The molecule has 0 bridgehead atoms. The molecule has 0 aliphatic carbocycles. The van der Waals surface area contributed by atoms with Crippen LogP contribution in [0.5, 0.6) is 0 Å². The maximum Gasteiger partial charge on any atom is 0.254 e. The first-order valence-corrected chi connectivity index (χ1v) is 11.1. The van der Waals surface area contributed by atoms with Crippen LogP contribution < -0.4 is 10.2 Å². The van der Waals surface area contributed by atoms with Crippen LogP contribution in [0.4, 0.5) is 10.2 Å². The lowest BCUT2D eigenvalue weighted by molar-refractivity contribution is 0.0949. The van der Waals surface area contributed by atoms with Gasteiger partial charge in [0.1, 0.15) is 17.5 Å². The zero-order valence-corrected chi connectivity index (χ0v) is 19.3. The summed E-state index contributed by atoms with van der Waals surface area (Å²) < 4.78 is 13.1. The van der Waals surface area contributed by atoms with E-state index in [0.29, 0.717) is 17.8 Å². The van der Waals surface area contributed by atoms with E-state index in [4.69, 9.17) is 4.98 Å². The van der Waals surface area contributed by atoms with Crippen LogP contribution in [0, 0.1) is 12.7 Å². The van der Waals surface area contributed by atoms with Gasteiger partial charge >= 0.3 is 0 Å². The normalized spacial score (nSPS) is 16.1. The van der Waals surface area contributed by atoms with Crippen LogP contribution >= 0.6 is 0 Å². The molecular formula is C25H29FN6O. The number of hydrogen-bond donors (Lipinski definition) is 1. The lowest BCUT2D eigenvalue weighted by Gasteiger charge is -2.25. The Labute approximate surface area is 193 Å². The first-order valence-electron chi connectivity index (χ1n) is 11.1. The standard InChI is InChI=1S/C25H29FN6O/c1-17-21(25(33)29-14-18-8-10-20(26)11-9-18)15-28-23(30-17)22-7-5-13-32(22)16-19-6-4-12-27-24(19)31(2)3/h4,6,8-12,15,22H,5,7,13-14,16H2,1-3H3,(H,29,33)/t22-/m0/s1. The van der Waals surface area contributed by atoms with Gasteiger partial charge in [0.15, 0.2) is 0 Å². The third-order valence-electron chi connectivity index (χ3n) is 5.94. The van der Waals surface area contributed by atoms with Crippen molar-refractivity contribution >= 4 is 11.7 Å². The summed E-state index contributed by atoms with van der Waals surface area (Å²) in [6.45, 7) is 3.89. The molecule has 2 aromatic heterocycles. The Morgan fingerprint density at radius 3 is 2.73 bits per heavy atom. The lowest BCUT2D eigenvalue weighted by atomic mass is 10.1. The number of carbonyl (C=O) groups is 1. The second-order valence-corrected chi connectivity index (χ2v) is 8.55. The summed E-state index contributed by atoms with van der Waals surface area (Å²) in [6, 6.07) is 10.2. The minimum absolute atomic E-state index is 0.107. The van der Waals surface area contributed by atoms with Crippen molar-refractivity contribution in [2.24, 2.45) is 0 Å². The molecule has 3 heterocycles. The second-order valence-electron chi connectivity index (χ2n) is 8.55. The third kappa shape index (κ3) is 5.34. The first-order chi connectivity index (χ1) is 15.9. The molecular weight excluding hydrogens is 419 g/mol. The Morgan fingerprint density at radius 1 is 1.21 bits per heavy atom. The number of aromatic nitrogens is 3. The van der Waals surface area contributed by atoms with Gasteiger partial charge in [-0.3, -0.25) is 9.69 Å². The Morgan fingerprint density at radius 2 is 2.00 bits per heavy atom. The van der Waals surface area contributed by atoms with Gasteiger partial charge in [-0.25, -0.2) is 19.3 Å². The van der Waals surface area contributed by atoms with Gasteiger partial charge in [0.2, 0.25) is 0 Å². The number of anilines is 1. The number of nitrogens with one attached hydrogen (secondary N) is 1. The molecule has 7 nitrogen and oxygen atoms in total. The van der Waals surface area contributed by atoms with Gasteiger partial charge in [0, 0.05) is 45.1 Å². The van der Waals surface area contributed by atoms with Crippen LogP contribution in [0.2, 0.25) is 0 Å². The summed E-state index contributed by atoms with van der Waals surface area (Å²) in [4.78, 5) is 30.9. The number of likely N-dealkylation sites (tertiary alicyclic amines) is 1. The fourth-order valence-electron chi connectivity index (χ4n) is 4.23. The van der Waals surface area contributed by atoms with E-state index in [1.165, 1.54) is 17.7 Å². The van der Waals surface area contributed by atoms with Gasteiger partial charge in [0.05, 0.1) is 17.3 Å². The van der Waals surface area contributed by atoms with E-state index < -0.39 is 0 Å². The average molecular weight is 449 g/mol. The van der Waals surface area contributed by atoms with Crippen LogP contribution in [0.25, 0.3) is 0 Å². The maximum absolute atomic E-state index is 13.1. The van der Waals surface area contributed by atoms with Crippen molar-refractivity contribution in [3.8, 4) is 0 Å². The molecule has 1 saturated heterocycles. The van der Waals surface area contributed by atoms with Crippen molar-refractivity contribution < 1.29 is 9.18 Å². The van der Waals surface area contributed by atoms with Gasteiger partial charge in [0.25, 0.3) is 5.91 Å². The first kappa shape index (κ1) is 22.8. The predicted octanol–water partition coefficient (Wildman–Crippen LogP) is 3.65. The zero-order chi connectivity index (χ0) is 23.4. The van der Waals surface area contributed by atoms with Crippen molar-refractivity contribution in [2.45, 2.75) is 38.9 Å². The number of pyridine rings is 1. The van der Waals surface area contributed by atoms with Crippen molar-refractivity contribution in [1.29, 1.82) is 0 Å². The molecule has 33 heavy (non-hydrogen) atoms. The Bertz CT molecular complexity index is 1120. The Kier molecular flexibility index (Phi) is 6.93. The highest BCUT2D eigenvalue weighted by atomic mass is 19.1. The summed E-state index contributed by atoms with van der Waals surface area (Å²) in [5.41, 5.74) is 3.10. The van der Waals surface area contributed by atoms with Crippen molar-refractivity contribution in [3.63, 3.8) is 0 Å². The van der Waals surface area contributed by atoms with Gasteiger partial charge < -0.3 is 10.2 Å². The fourth-order valence-corrected chi connectivity index (χ4v) is 4.23. The average Bonchev–Trinajstić information content (AvgIpc) is 3.27. The van der Waals surface area contributed by atoms with E-state index in [2.05, 4.69) is 26.3 Å². The van der Waals surface area contributed by atoms with Crippen molar-refractivity contribution in [1.82, 2.24) is 25.2 Å². The van der Waals surface area contributed by atoms with Crippen molar-refractivity contribution in [3.05, 3.63) is 82.8 Å². The zero-order valence-electron chi connectivity index (χ0n) is 19.3. The summed E-state index contributed by atoms with van der Waals surface area (Å²) in [5.74, 6) is 1.17. The molecule has 1 amide bonds. The Balaban J connectivity index is 1.45. The van der Waals surface area contributed by atoms with Crippen LogP contribution in [0.15, 0.2) is 48.8 Å². The maximum atomic E-state index is 13.1. The van der Waals surface area contributed by atoms with E-state index in [9.17, 15) is 9.18 Å². The van der Waals surface area contributed by atoms with Crippen molar-refractivity contribution in [2.75, 3.05) is 25.5 Å². The molecule has 8 heteroatoms. The number of benzene rings is 1. The molecule has 1 aliphatic heterocycles. The summed E-state index contributed by atoms with van der Waals surface area (Å²) in [5, 5.41) is 2.86. The summed E-state index contributed by atoms with van der Waals surface area (Å²) >= 11 is 0. The van der Waals surface area contributed by atoms with Crippen LogP contribution in [-0.4, -0.2) is 46.4 Å². The molecule has 0 radical (unpaired) electrons. The monoisotopic (exact) mass is 448 g/mol. The van der Waals surface area contributed by atoms with E-state index in [1.807, 2.05) is 38.2 Å². The number of hydrogen-bond acceptors (Lipinski definition) is 6. The van der Waals surface area contributed by atoms with Crippen LogP contribution in [-0.2, 0) is 13.1 Å². The number of nitrogens with zero attached hydrogens (tertiary/aromatic N) is 5. The van der Waals surface area contributed by atoms with Crippen LogP contribution in [0.1, 0.15) is 51.9 Å². The number of aryl methyl sites for hydroxylation is 1. The third-order valence-corrected chi connectivity index (χ3v) is 5.94. The minimum atomic E-state index is -0.299. The number of halogens is 1. The van der Waals surface area contributed by atoms with Crippen LogP contribution in [0.3, 0.4) is 0 Å². The van der Waals surface area contributed by atoms with E-state index >= 15 is 0 Å². The lowest BCUT2D eigenvalue weighted by Crippen LogP contribution is -2.27. The van der Waals surface area contributed by atoms with E-state index in [-0.39, 0.29) is 17.8 Å². The second kappa shape index (κ2) is 10.0. The smallest absolute Gasteiger partial charge is 0.254 e. The van der Waals surface area contributed by atoms with Gasteiger partial charge in [-0.2, -0.15) is 0 Å². The topological polar surface area (TPSA) is 74.2 Å². The number of carbonyl (C=O) groups excluding carboxylic acids is 1. The van der Waals surface area contributed by atoms with E-state index in [1.54, 1.807) is 18.3 Å². The number of rotatable bonds is 7. The molecule has 1 N–H and O–H groups in total. The summed E-state index contributed by atoms with van der Waals surface area (Å²) in [6.07, 6.45) is 5.48. The summed E-state index contributed by atoms with van der Waals surface area (Å²) in [7, 11) is 4.00. The molecule has 0 saturated carbocycles. The number of amides is 1. The quantitative estimate of drug-likeness (QED) is 0.595. The molecule has 3 aromatic rings. The molecule has 172 valence electrons. The molecule has 1 aliphatic rings. The highest BCUT2D eigenvalue weighted by Crippen LogP contribution is 2.32. The predicted molar refractivity (Wildman–Crippen MR) is 125 cm³/mol.